The van der Waals surface area contributed by atoms with Crippen molar-refractivity contribution in [2.75, 3.05) is 0 Å². The minimum atomic E-state index is -0.329. The second-order valence-electron chi connectivity index (χ2n) is 4.76. The lowest BCUT2D eigenvalue weighted by molar-refractivity contribution is -0.108. The highest BCUT2D eigenvalue weighted by Gasteiger charge is 2.11. The summed E-state index contributed by atoms with van der Waals surface area (Å²) in [6.45, 7) is 2.24. The van der Waals surface area contributed by atoms with Crippen molar-refractivity contribution in [3.05, 3.63) is 65.5 Å². The van der Waals surface area contributed by atoms with Gasteiger partial charge in [0.05, 0.1) is 0 Å². The SMILES string of the molecule is C[C@H](CC=O)c1ccc(OCc2ccccc2)cc1F. The van der Waals surface area contributed by atoms with Gasteiger partial charge in [-0.2, -0.15) is 0 Å². The predicted molar refractivity (Wildman–Crippen MR) is 76.3 cm³/mol. The Morgan fingerprint density at radius 3 is 2.60 bits per heavy atom. The van der Waals surface area contributed by atoms with E-state index in [1.165, 1.54) is 6.07 Å². The molecule has 1 atom stereocenters. The molecule has 2 aromatic rings. The van der Waals surface area contributed by atoms with Crippen LogP contribution in [-0.2, 0) is 11.4 Å². The molecule has 2 rings (SSSR count). The smallest absolute Gasteiger partial charge is 0.130 e. The van der Waals surface area contributed by atoms with Gasteiger partial charge in [-0.05, 0) is 23.1 Å². The molecule has 0 spiro atoms. The van der Waals surface area contributed by atoms with Crippen LogP contribution in [0.15, 0.2) is 48.5 Å². The quantitative estimate of drug-likeness (QED) is 0.740. The van der Waals surface area contributed by atoms with Crippen LogP contribution in [0.4, 0.5) is 4.39 Å². The molecule has 0 fully saturated rings. The molecule has 0 saturated carbocycles. The van der Waals surface area contributed by atoms with Crippen LogP contribution in [0.5, 0.6) is 5.75 Å². The van der Waals surface area contributed by atoms with Crippen molar-refractivity contribution >= 4 is 6.29 Å². The summed E-state index contributed by atoms with van der Waals surface area (Å²) in [4.78, 5) is 10.5. The van der Waals surface area contributed by atoms with Crippen molar-refractivity contribution in [1.29, 1.82) is 0 Å². The monoisotopic (exact) mass is 272 g/mol. The third-order valence-electron chi connectivity index (χ3n) is 3.20. The Balaban J connectivity index is 2.03. The molecule has 0 radical (unpaired) electrons. The summed E-state index contributed by atoms with van der Waals surface area (Å²) in [6, 6.07) is 14.5. The number of benzene rings is 2. The summed E-state index contributed by atoms with van der Waals surface area (Å²) in [5, 5.41) is 0. The van der Waals surface area contributed by atoms with E-state index in [-0.39, 0.29) is 11.7 Å². The zero-order valence-corrected chi connectivity index (χ0v) is 11.4. The zero-order chi connectivity index (χ0) is 14.4. The van der Waals surface area contributed by atoms with Crippen molar-refractivity contribution in [2.24, 2.45) is 0 Å². The minimum Gasteiger partial charge on any atom is -0.489 e. The van der Waals surface area contributed by atoms with E-state index in [0.717, 1.165) is 11.8 Å². The number of hydrogen-bond donors (Lipinski definition) is 0. The molecule has 0 heterocycles. The molecule has 0 unspecified atom stereocenters. The van der Waals surface area contributed by atoms with Gasteiger partial charge in [-0.3, -0.25) is 0 Å². The van der Waals surface area contributed by atoms with Gasteiger partial charge in [0.2, 0.25) is 0 Å². The molecule has 0 aliphatic carbocycles. The number of hydrogen-bond acceptors (Lipinski definition) is 2. The lowest BCUT2D eigenvalue weighted by Gasteiger charge is -2.12. The molecule has 0 saturated heterocycles. The molecule has 2 nitrogen and oxygen atoms in total. The maximum absolute atomic E-state index is 14.0. The summed E-state index contributed by atoms with van der Waals surface area (Å²) in [5.74, 6) is 0.0500. The van der Waals surface area contributed by atoms with Gasteiger partial charge in [-0.15, -0.1) is 0 Å². The molecular weight excluding hydrogens is 255 g/mol. The van der Waals surface area contributed by atoms with Crippen LogP contribution in [0.1, 0.15) is 30.4 Å². The Labute approximate surface area is 118 Å². The molecule has 0 aromatic heterocycles. The standard InChI is InChI=1S/C17H17FO2/c1-13(9-10-19)16-8-7-15(11-17(16)18)20-12-14-5-3-2-4-6-14/h2-8,10-11,13H,9,12H2,1H3/t13-/m1/s1. The highest BCUT2D eigenvalue weighted by Crippen LogP contribution is 2.25. The maximum Gasteiger partial charge on any atom is 0.130 e. The first-order chi connectivity index (χ1) is 9.70. The van der Waals surface area contributed by atoms with Gasteiger partial charge < -0.3 is 9.53 Å². The van der Waals surface area contributed by atoms with Crippen molar-refractivity contribution in [3.8, 4) is 5.75 Å². The Morgan fingerprint density at radius 2 is 1.95 bits per heavy atom. The van der Waals surface area contributed by atoms with Gasteiger partial charge in [0, 0.05) is 12.5 Å². The van der Waals surface area contributed by atoms with Gasteiger partial charge in [-0.1, -0.05) is 43.3 Å². The van der Waals surface area contributed by atoms with E-state index < -0.39 is 0 Å². The van der Waals surface area contributed by atoms with E-state index in [0.29, 0.717) is 24.3 Å². The second kappa shape index (κ2) is 6.85. The average molecular weight is 272 g/mol. The van der Waals surface area contributed by atoms with Gasteiger partial charge >= 0.3 is 0 Å². The number of halogens is 1. The normalized spacial score (nSPS) is 11.9. The Hall–Kier alpha value is -2.16. The summed E-state index contributed by atoms with van der Waals surface area (Å²) in [5.41, 5.74) is 1.58. The van der Waals surface area contributed by atoms with E-state index in [2.05, 4.69) is 0 Å². The molecule has 0 amide bonds. The van der Waals surface area contributed by atoms with Crippen LogP contribution in [0.3, 0.4) is 0 Å². The predicted octanol–water partition coefficient (Wildman–Crippen LogP) is 4.10. The van der Waals surface area contributed by atoms with Crippen LogP contribution in [0.2, 0.25) is 0 Å². The number of carbonyl (C=O) groups excluding carboxylic acids is 1. The van der Waals surface area contributed by atoms with Crippen molar-refractivity contribution < 1.29 is 13.9 Å². The third-order valence-corrected chi connectivity index (χ3v) is 3.20. The van der Waals surface area contributed by atoms with Gasteiger partial charge in [0.25, 0.3) is 0 Å². The fourth-order valence-corrected chi connectivity index (χ4v) is 2.01. The van der Waals surface area contributed by atoms with Gasteiger partial charge in [-0.25, -0.2) is 4.39 Å². The molecule has 0 bridgehead atoms. The van der Waals surface area contributed by atoms with Crippen LogP contribution in [-0.4, -0.2) is 6.29 Å². The summed E-state index contributed by atoms with van der Waals surface area (Å²) >= 11 is 0. The highest BCUT2D eigenvalue weighted by molar-refractivity contribution is 5.51. The average Bonchev–Trinajstić information content (AvgIpc) is 2.46. The maximum atomic E-state index is 14.0. The van der Waals surface area contributed by atoms with E-state index in [1.54, 1.807) is 12.1 Å². The van der Waals surface area contributed by atoms with Crippen molar-refractivity contribution in [1.82, 2.24) is 0 Å². The first kappa shape index (κ1) is 14.3. The first-order valence-corrected chi connectivity index (χ1v) is 6.60. The fraction of sp³-hybridized carbons (Fsp3) is 0.235. The molecule has 0 aliphatic rings. The topological polar surface area (TPSA) is 26.3 Å². The van der Waals surface area contributed by atoms with Crippen LogP contribution in [0, 0.1) is 5.82 Å². The molecular formula is C17H17FO2. The van der Waals surface area contributed by atoms with Crippen LogP contribution >= 0.6 is 0 Å². The first-order valence-electron chi connectivity index (χ1n) is 6.60. The number of rotatable bonds is 6. The molecule has 3 heteroatoms. The van der Waals surface area contributed by atoms with E-state index >= 15 is 0 Å². The lowest BCUT2D eigenvalue weighted by atomic mass is 9.98. The summed E-state index contributed by atoms with van der Waals surface area (Å²) in [7, 11) is 0. The Morgan fingerprint density at radius 1 is 1.20 bits per heavy atom. The zero-order valence-electron chi connectivity index (χ0n) is 11.4. The molecule has 2 aromatic carbocycles. The van der Waals surface area contributed by atoms with E-state index in [9.17, 15) is 9.18 Å². The largest absolute Gasteiger partial charge is 0.489 e. The highest BCUT2D eigenvalue weighted by atomic mass is 19.1. The summed E-state index contributed by atoms with van der Waals surface area (Å²) in [6.07, 6.45) is 1.13. The van der Waals surface area contributed by atoms with Gasteiger partial charge in [0.1, 0.15) is 24.5 Å². The number of carbonyl (C=O) groups is 1. The molecule has 104 valence electrons. The third kappa shape index (κ3) is 3.67. The van der Waals surface area contributed by atoms with Gasteiger partial charge in [0.15, 0.2) is 0 Å². The van der Waals surface area contributed by atoms with Crippen molar-refractivity contribution in [2.45, 2.75) is 25.9 Å². The van der Waals surface area contributed by atoms with Crippen LogP contribution < -0.4 is 4.74 Å². The van der Waals surface area contributed by atoms with Crippen molar-refractivity contribution in [3.63, 3.8) is 0 Å². The minimum absolute atomic E-state index is 0.115. The van der Waals surface area contributed by atoms with E-state index in [4.69, 9.17) is 4.74 Å². The molecule has 0 aliphatic heterocycles. The Bertz CT molecular complexity index is 566. The fourth-order valence-electron chi connectivity index (χ4n) is 2.01. The number of aldehydes is 1. The number of ether oxygens (including phenoxy) is 1. The molecule has 0 N–H and O–H groups in total. The lowest BCUT2D eigenvalue weighted by Crippen LogP contribution is -2.00. The Kier molecular flexibility index (Phi) is 4.88. The molecule has 20 heavy (non-hydrogen) atoms. The summed E-state index contributed by atoms with van der Waals surface area (Å²) < 4.78 is 19.5. The second-order valence-corrected chi connectivity index (χ2v) is 4.76. The van der Waals surface area contributed by atoms with Crippen LogP contribution in [0.25, 0.3) is 0 Å². The van der Waals surface area contributed by atoms with E-state index in [1.807, 2.05) is 37.3 Å².